The number of nitrogens with zero attached hydrogens (tertiary/aromatic N) is 2. The van der Waals surface area contributed by atoms with Crippen LogP contribution in [0.1, 0.15) is 47.0 Å². The Morgan fingerprint density at radius 2 is 2.00 bits per heavy atom. The first-order valence-electron chi connectivity index (χ1n) is 6.81. The van der Waals surface area contributed by atoms with Crippen LogP contribution < -0.4 is 10.1 Å². The molecule has 0 aromatic carbocycles. The summed E-state index contributed by atoms with van der Waals surface area (Å²) in [6.07, 6.45) is 5.53. The Morgan fingerprint density at radius 1 is 1.22 bits per heavy atom. The highest BCUT2D eigenvalue weighted by atomic mass is 16.5. The summed E-state index contributed by atoms with van der Waals surface area (Å²) in [5.41, 5.74) is 0. The molecule has 4 heteroatoms. The summed E-state index contributed by atoms with van der Waals surface area (Å²) >= 11 is 0. The Labute approximate surface area is 110 Å². The van der Waals surface area contributed by atoms with Crippen molar-refractivity contribution in [1.29, 1.82) is 0 Å². The van der Waals surface area contributed by atoms with Crippen LogP contribution in [0.25, 0.3) is 0 Å². The zero-order valence-corrected chi connectivity index (χ0v) is 11.9. The third-order valence-corrected chi connectivity index (χ3v) is 2.48. The van der Waals surface area contributed by atoms with Crippen LogP contribution in [-0.4, -0.2) is 22.6 Å². The molecule has 1 aromatic heterocycles. The molecule has 1 rings (SSSR count). The molecular formula is C14H25N3O. The summed E-state index contributed by atoms with van der Waals surface area (Å²) in [6.45, 7) is 9.40. The van der Waals surface area contributed by atoms with Crippen LogP contribution in [0.15, 0.2) is 12.3 Å². The fraction of sp³-hybridized carbons (Fsp3) is 0.714. The Bertz CT molecular complexity index is 340. The van der Waals surface area contributed by atoms with Crippen molar-refractivity contribution in [2.45, 2.75) is 53.1 Å². The van der Waals surface area contributed by atoms with Gasteiger partial charge in [-0.2, -0.15) is 4.98 Å². The first kappa shape index (κ1) is 14.7. The Kier molecular flexibility index (Phi) is 6.47. The maximum Gasteiger partial charge on any atom is 0.225 e. The van der Waals surface area contributed by atoms with Gasteiger partial charge in [0.05, 0.1) is 6.10 Å². The summed E-state index contributed by atoms with van der Waals surface area (Å²) < 4.78 is 5.52. The molecule has 0 aliphatic rings. The maximum absolute atomic E-state index is 5.52. The molecule has 0 aliphatic carbocycles. The van der Waals surface area contributed by atoms with E-state index in [1.807, 2.05) is 13.8 Å². The molecule has 102 valence electrons. The average molecular weight is 251 g/mol. The largest absolute Gasteiger partial charge is 0.475 e. The van der Waals surface area contributed by atoms with Crippen LogP contribution in [-0.2, 0) is 0 Å². The van der Waals surface area contributed by atoms with E-state index in [2.05, 4.69) is 29.1 Å². The molecule has 0 radical (unpaired) electrons. The van der Waals surface area contributed by atoms with Crippen molar-refractivity contribution in [3.05, 3.63) is 12.3 Å². The van der Waals surface area contributed by atoms with Gasteiger partial charge in [-0.05, 0) is 26.2 Å². The zero-order valence-electron chi connectivity index (χ0n) is 11.9. The highest BCUT2D eigenvalue weighted by Gasteiger charge is 2.01. The van der Waals surface area contributed by atoms with Gasteiger partial charge in [-0.15, -0.1) is 0 Å². The number of ether oxygens (including phenoxy) is 1. The van der Waals surface area contributed by atoms with Gasteiger partial charge in [-0.25, -0.2) is 4.98 Å². The average Bonchev–Trinajstić information content (AvgIpc) is 2.27. The minimum atomic E-state index is 0.138. The topological polar surface area (TPSA) is 47.0 Å². The molecule has 1 aromatic rings. The summed E-state index contributed by atoms with van der Waals surface area (Å²) in [6, 6.07) is 1.78. The minimum absolute atomic E-state index is 0.138. The number of anilines is 1. The van der Waals surface area contributed by atoms with Crippen molar-refractivity contribution >= 4 is 5.95 Å². The minimum Gasteiger partial charge on any atom is -0.475 e. The standard InChI is InChI=1S/C14H25N3O/c1-11(2)7-5-6-9-15-14-16-10-8-13(17-14)18-12(3)4/h8,10-12H,5-7,9H2,1-4H3,(H,15,16,17). The molecule has 0 atom stereocenters. The van der Waals surface area contributed by atoms with E-state index in [1.165, 1.54) is 12.8 Å². The third kappa shape index (κ3) is 6.42. The molecule has 4 nitrogen and oxygen atoms in total. The normalized spacial score (nSPS) is 11.0. The van der Waals surface area contributed by atoms with Crippen LogP contribution in [0.3, 0.4) is 0 Å². The molecule has 0 aliphatic heterocycles. The first-order chi connectivity index (χ1) is 8.58. The fourth-order valence-electron chi connectivity index (χ4n) is 1.61. The lowest BCUT2D eigenvalue weighted by Crippen LogP contribution is -2.10. The lowest BCUT2D eigenvalue weighted by Gasteiger charge is -2.10. The lowest BCUT2D eigenvalue weighted by atomic mass is 10.1. The van der Waals surface area contributed by atoms with E-state index < -0.39 is 0 Å². The van der Waals surface area contributed by atoms with E-state index in [-0.39, 0.29) is 6.10 Å². The monoisotopic (exact) mass is 251 g/mol. The van der Waals surface area contributed by atoms with Gasteiger partial charge < -0.3 is 10.1 Å². The number of hydrogen-bond acceptors (Lipinski definition) is 4. The second kappa shape index (κ2) is 7.90. The van der Waals surface area contributed by atoms with Crippen LogP contribution in [0, 0.1) is 5.92 Å². The smallest absolute Gasteiger partial charge is 0.225 e. The van der Waals surface area contributed by atoms with Gasteiger partial charge in [-0.1, -0.05) is 26.7 Å². The first-order valence-corrected chi connectivity index (χ1v) is 6.81. The molecule has 0 spiro atoms. The molecule has 1 heterocycles. The molecule has 1 N–H and O–H groups in total. The summed E-state index contributed by atoms with van der Waals surface area (Å²) in [4.78, 5) is 8.48. The SMILES string of the molecule is CC(C)CCCCNc1nccc(OC(C)C)n1. The van der Waals surface area contributed by atoms with Crippen molar-refractivity contribution in [2.24, 2.45) is 5.92 Å². The van der Waals surface area contributed by atoms with E-state index in [4.69, 9.17) is 4.74 Å². The van der Waals surface area contributed by atoms with Gasteiger partial charge >= 0.3 is 0 Å². The number of unbranched alkanes of at least 4 members (excludes halogenated alkanes) is 1. The molecule has 0 unspecified atom stereocenters. The molecular weight excluding hydrogens is 226 g/mol. The molecule has 0 saturated carbocycles. The molecule has 0 fully saturated rings. The maximum atomic E-state index is 5.52. The van der Waals surface area contributed by atoms with Gasteiger partial charge in [0.15, 0.2) is 0 Å². The van der Waals surface area contributed by atoms with Gasteiger partial charge in [0.2, 0.25) is 11.8 Å². The Hall–Kier alpha value is -1.32. The second-order valence-electron chi connectivity index (χ2n) is 5.20. The van der Waals surface area contributed by atoms with Crippen LogP contribution in [0.5, 0.6) is 5.88 Å². The van der Waals surface area contributed by atoms with Crippen molar-refractivity contribution in [3.8, 4) is 5.88 Å². The van der Waals surface area contributed by atoms with E-state index >= 15 is 0 Å². The van der Waals surface area contributed by atoms with Gasteiger partial charge in [0, 0.05) is 18.8 Å². The van der Waals surface area contributed by atoms with Gasteiger partial charge in [0.1, 0.15) is 0 Å². The van der Waals surface area contributed by atoms with Gasteiger partial charge in [-0.3, -0.25) is 0 Å². The molecule has 18 heavy (non-hydrogen) atoms. The highest BCUT2D eigenvalue weighted by molar-refractivity contribution is 5.27. The van der Waals surface area contributed by atoms with Crippen molar-refractivity contribution in [3.63, 3.8) is 0 Å². The van der Waals surface area contributed by atoms with E-state index in [0.29, 0.717) is 11.8 Å². The summed E-state index contributed by atoms with van der Waals surface area (Å²) in [5.74, 6) is 2.06. The van der Waals surface area contributed by atoms with Crippen molar-refractivity contribution < 1.29 is 4.74 Å². The zero-order chi connectivity index (χ0) is 13.4. The number of nitrogens with one attached hydrogen (secondary N) is 1. The number of aromatic nitrogens is 2. The number of rotatable bonds is 8. The third-order valence-electron chi connectivity index (χ3n) is 2.48. The predicted octanol–water partition coefficient (Wildman–Crippen LogP) is 3.50. The molecule has 0 saturated heterocycles. The van der Waals surface area contributed by atoms with E-state index in [9.17, 15) is 0 Å². The van der Waals surface area contributed by atoms with Crippen LogP contribution in [0.2, 0.25) is 0 Å². The van der Waals surface area contributed by atoms with Crippen molar-refractivity contribution in [2.75, 3.05) is 11.9 Å². The molecule has 0 bridgehead atoms. The predicted molar refractivity (Wildman–Crippen MR) is 75.0 cm³/mol. The van der Waals surface area contributed by atoms with Crippen LogP contribution in [0.4, 0.5) is 5.95 Å². The summed E-state index contributed by atoms with van der Waals surface area (Å²) in [5, 5.41) is 3.23. The molecule has 0 amide bonds. The Balaban J connectivity index is 2.29. The number of hydrogen-bond donors (Lipinski definition) is 1. The quantitative estimate of drug-likeness (QED) is 0.718. The highest BCUT2D eigenvalue weighted by Crippen LogP contribution is 2.11. The van der Waals surface area contributed by atoms with Crippen LogP contribution >= 0.6 is 0 Å². The second-order valence-corrected chi connectivity index (χ2v) is 5.20. The van der Waals surface area contributed by atoms with E-state index in [0.717, 1.165) is 18.9 Å². The van der Waals surface area contributed by atoms with E-state index in [1.54, 1.807) is 12.3 Å². The fourth-order valence-corrected chi connectivity index (χ4v) is 1.61. The summed E-state index contributed by atoms with van der Waals surface area (Å²) in [7, 11) is 0. The Morgan fingerprint density at radius 3 is 2.67 bits per heavy atom. The van der Waals surface area contributed by atoms with Gasteiger partial charge in [0.25, 0.3) is 0 Å². The lowest BCUT2D eigenvalue weighted by molar-refractivity contribution is 0.232. The van der Waals surface area contributed by atoms with Crippen molar-refractivity contribution in [1.82, 2.24) is 9.97 Å².